The summed E-state index contributed by atoms with van der Waals surface area (Å²) in [6.45, 7) is 10.1. The van der Waals surface area contributed by atoms with Gasteiger partial charge in [-0.15, -0.1) is 0 Å². The second kappa shape index (κ2) is 7.32. The van der Waals surface area contributed by atoms with Crippen LogP contribution in [0.1, 0.15) is 35.6 Å². The Hall–Kier alpha value is -2.29. The lowest BCUT2D eigenvalue weighted by Gasteiger charge is -2.19. The maximum atomic E-state index is 12.5. The summed E-state index contributed by atoms with van der Waals surface area (Å²) in [6, 6.07) is 11.9. The lowest BCUT2D eigenvalue weighted by Crippen LogP contribution is -2.32. The monoisotopic (exact) mass is 311 g/mol. The van der Waals surface area contributed by atoms with Gasteiger partial charge >= 0.3 is 0 Å². The van der Waals surface area contributed by atoms with E-state index in [2.05, 4.69) is 18.3 Å². The average molecular weight is 311 g/mol. The van der Waals surface area contributed by atoms with Crippen molar-refractivity contribution in [2.75, 3.05) is 5.32 Å². The summed E-state index contributed by atoms with van der Waals surface area (Å²) < 4.78 is 5.89. The van der Waals surface area contributed by atoms with Crippen LogP contribution in [0, 0.1) is 27.7 Å². The third-order valence-corrected chi connectivity index (χ3v) is 4.06. The van der Waals surface area contributed by atoms with Crippen molar-refractivity contribution in [3.8, 4) is 5.75 Å². The highest BCUT2D eigenvalue weighted by atomic mass is 16.5. The minimum Gasteiger partial charge on any atom is -0.481 e. The number of hydrogen-bond donors (Lipinski definition) is 1. The Bertz CT molecular complexity index is 707. The number of benzene rings is 2. The third kappa shape index (κ3) is 4.35. The molecule has 0 aliphatic heterocycles. The van der Waals surface area contributed by atoms with Gasteiger partial charge in [0, 0.05) is 5.69 Å². The number of carbonyl (C=O) groups is 1. The van der Waals surface area contributed by atoms with Gasteiger partial charge in [0.15, 0.2) is 6.10 Å². The molecule has 0 unspecified atom stereocenters. The smallest absolute Gasteiger partial charge is 0.265 e. The number of carbonyl (C=O) groups excluding carboxylic acids is 1. The Labute approximate surface area is 138 Å². The van der Waals surface area contributed by atoms with E-state index in [0.29, 0.717) is 6.42 Å². The lowest BCUT2D eigenvalue weighted by atomic mass is 10.1. The molecule has 0 saturated carbocycles. The minimum atomic E-state index is -0.502. The van der Waals surface area contributed by atoms with Crippen LogP contribution in [0.2, 0.25) is 0 Å². The first-order valence-electron chi connectivity index (χ1n) is 8.02. The first kappa shape index (κ1) is 17.1. The standard InChI is InChI=1S/C20H25NO2/c1-6-19(23-17-9-8-14(3)15(4)12-17)20(22)21-18-10-7-13(2)11-16(18)5/h7-12,19H,6H2,1-5H3,(H,21,22)/t19-/m1/s1. The van der Waals surface area contributed by atoms with Gasteiger partial charge < -0.3 is 10.1 Å². The highest BCUT2D eigenvalue weighted by Crippen LogP contribution is 2.20. The van der Waals surface area contributed by atoms with Gasteiger partial charge in [-0.2, -0.15) is 0 Å². The van der Waals surface area contributed by atoms with Gasteiger partial charge in [0.25, 0.3) is 5.91 Å². The number of amides is 1. The average Bonchev–Trinajstić information content (AvgIpc) is 2.51. The van der Waals surface area contributed by atoms with Crippen LogP contribution in [-0.2, 0) is 4.79 Å². The molecule has 122 valence electrons. The summed E-state index contributed by atoms with van der Waals surface area (Å²) in [5.41, 5.74) is 5.44. The first-order valence-corrected chi connectivity index (χ1v) is 8.02. The molecule has 1 amide bonds. The summed E-state index contributed by atoms with van der Waals surface area (Å²) in [7, 11) is 0. The number of ether oxygens (including phenoxy) is 1. The van der Waals surface area contributed by atoms with Crippen molar-refractivity contribution in [1.29, 1.82) is 0 Å². The van der Waals surface area contributed by atoms with Crippen LogP contribution in [0.4, 0.5) is 5.69 Å². The zero-order valence-electron chi connectivity index (χ0n) is 14.6. The van der Waals surface area contributed by atoms with Crippen LogP contribution >= 0.6 is 0 Å². The molecule has 2 aromatic carbocycles. The number of nitrogens with one attached hydrogen (secondary N) is 1. The maximum absolute atomic E-state index is 12.5. The highest BCUT2D eigenvalue weighted by molar-refractivity contribution is 5.95. The molecule has 0 aliphatic carbocycles. The second-order valence-corrected chi connectivity index (χ2v) is 6.07. The quantitative estimate of drug-likeness (QED) is 0.868. The molecule has 0 radical (unpaired) electrons. The molecular formula is C20H25NO2. The largest absolute Gasteiger partial charge is 0.481 e. The number of anilines is 1. The normalized spacial score (nSPS) is 11.9. The van der Waals surface area contributed by atoms with E-state index in [0.717, 1.165) is 22.6 Å². The number of rotatable bonds is 5. The fraction of sp³-hybridized carbons (Fsp3) is 0.350. The molecule has 0 heterocycles. The SMILES string of the molecule is CC[C@@H](Oc1ccc(C)c(C)c1)C(=O)Nc1ccc(C)cc1C. The summed E-state index contributed by atoms with van der Waals surface area (Å²) >= 11 is 0. The van der Waals surface area contributed by atoms with Crippen LogP contribution in [0.15, 0.2) is 36.4 Å². The Morgan fingerprint density at radius 2 is 1.74 bits per heavy atom. The van der Waals surface area contributed by atoms with Crippen molar-refractivity contribution in [3.63, 3.8) is 0 Å². The summed E-state index contributed by atoms with van der Waals surface area (Å²) in [5, 5.41) is 2.97. The van der Waals surface area contributed by atoms with E-state index in [-0.39, 0.29) is 5.91 Å². The van der Waals surface area contributed by atoms with Gasteiger partial charge in [-0.05, 0) is 69.0 Å². The molecule has 0 aromatic heterocycles. The highest BCUT2D eigenvalue weighted by Gasteiger charge is 2.19. The van der Waals surface area contributed by atoms with Crippen LogP contribution in [0.25, 0.3) is 0 Å². The minimum absolute atomic E-state index is 0.113. The third-order valence-electron chi connectivity index (χ3n) is 4.06. The Morgan fingerprint density at radius 1 is 1.00 bits per heavy atom. The molecule has 0 fully saturated rings. The van der Waals surface area contributed by atoms with Crippen molar-refractivity contribution in [2.45, 2.75) is 47.1 Å². The lowest BCUT2D eigenvalue weighted by molar-refractivity contribution is -0.122. The van der Waals surface area contributed by atoms with Gasteiger partial charge in [0.2, 0.25) is 0 Å². The van der Waals surface area contributed by atoms with Gasteiger partial charge in [-0.1, -0.05) is 30.7 Å². The maximum Gasteiger partial charge on any atom is 0.265 e. The molecule has 0 bridgehead atoms. The van der Waals surface area contributed by atoms with E-state index in [9.17, 15) is 4.79 Å². The fourth-order valence-electron chi connectivity index (χ4n) is 2.44. The molecule has 0 aliphatic rings. The van der Waals surface area contributed by atoms with Gasteiger partial charge in [0.05, 0.1) is 0 Å². The van der Waals surface area contributed by atoms with Crippen molar-refractivity contribution in [1.82, 2.24) is 0 Å². The summed E-state index contributed by atoms with van der Waals surface area (Å²) in [4.78, 5) is 12.5. The molecule has 2 aromatic rings. The zero-order chi connectivity index (χ0) is 17.0. The van der Waals surface area contributed by atoms with Crippen LogP contribution in [-0.4, -0.2) is 12.0 Å². The van der Waals surface area contributed by atoms with E-state index >= 15 is 0 Å². The summed E-state index contributed by atoms with van der Waals surface area (Å²) in [5.74, 6) is 0.619. The van der Waals surface area contributed by atoms with Gasteiger partial charge in [0.1, 0.15) is 5.75 Å². The van der Waals surface area contributed by atoms with Crippen LogP contribution < -0.4 is 10.1 Å². The fourth-order valence-corrected chi connectivity index (χ4v) is 2.44. The molecule has 3 heteroatoms. The number of hydrogen-bond acceptors (Lipinski definition) is 2. The van der Waals surface area contributed by atoms with Crippen LogP contribution in [0.5, 0.6) is 5.75 Å². The number of aryl methyl sites for hydroxylation is 4. The Morgan fingerprint density at radius 3 is 2.35 bits per heavy atom. The summed E-state index contributed by atoms with van der Waals surface area (Å²) in [6.07, 6.45) is 0.113. The van der Waals surface area contributed by atoms with Crippen molar-refractivity contribution in [2.24, 2.45) is 0 Å². The van der Waals surface area contributed by atoms with E-state index < -0.39 is 6.10 Å². The molecule has 2 rings (SSSR count). The van der Waals surface area contributed by atoms with E-state index in [1.165, 1.54) is 11.1 Å². The van der Waals surface area contributed by atoms with E-state index in [4.69, 9.17) is 4.74 Å². The molecule has 3 nitrogen and oxygen atoms in total. The van der Waals surface area contributed by atoms with Gasteiger partial charge in [-0.25, -0.2) is 0 Å². The molecule has 23 heavy (non-hydrogen) atoms. The molecule has 0 spiro atoms. The van der Waals surface area contributed by atoms with Crippen molar-refractivity contribution < 1.29 is 9.53 Å². The first-order chi connectivity index (χ1) is 10.9. The Kier molecular flexibility index (Phi) is 5.43. The Balaban J connectivity index is 2.10. The molecule has 1 atom stereocenters. The van der Waals surface area contributed by atoms with Crippen LogP contribution in [0.3, 0.4) is 0 Å². The molecule has 1 N–H and O–H groups in total. The predicted molar refractivity (Wildman–Crippen MR) is 95.2 cm³/mol. The zero-order valence-corrected chi connectivity index (χ0v) is 14.6. The van der Waals surface area contributed by atoms with E-state index in [1.54, 1.807) is 0 Å². The van der Waals surface area contributed by atoms with Crippen molar-refractivity contribution in [3.05, 3.63) is 58.7 Å². The van der Waals surface area contributed by atoms with Crippen molar-refractivity contribution >= 4 is 11.6 Å². The topological polar surface area (TPSA) is 38.3 Å². The molecule has 0 saturated heterocycles. The van der Waals surface area contributed by atoms with E-state index in [1.807, 2.05) is 58.0 Å². The predicted octanol–water partition coefficient (Wildman–Crippen LogP) is 4.72. The van der Waals surface area contributed by atoms with Gasteiger partial charge in [-0.3, -0.25) is 4.79 Å². The molecular weight excluding hydrogens is 286 g/mol. The second-order valence-electron chi connectivity index (χ2n) is 6.07.